The lowest BCUT2D eigenvalue weighted by molar-refractivity contribution is -0.183. The Morgan fingerprint density at radius 1 is 1.21 bits per heavy atom. The molecule has 1 amide bonds. The first-order valence-electron chi connectivity index (χ1n) is 10.9. The van der Waals surface area contributed by atoms with Crippen LogP contribution in [0, 0.1) is 17.7 Å². The number of fused-ring (bicyclic) bond motifs is 1. The number of hydrogen-bond donors (Lipinski definition) is 2. The molecule has 1 aliphatic rings. The fraction of sp³-hybridized carbons (Fsp3) is 0.435. The van der Waals surface area contributed by atoms with Crippen molar-refractivity contribution in [3.63, 3.8) is 0 Å². The van der Waals surface area contributed by atoms with E-state index in [2.05, 4.69) is 15.4 Å². The molecule has 2 aromatic heterocycles. The molecule has 0 saturated carbocycles. The van der Waals surface area contributed by atoms with E-state index in [-0.39, 0.29) is 31.1 Å². The second-order valence-corrected chi connectivity index (χ2v) is 8.51. The minimum absolute atomic E-state index is 0.0831. The number of rotatable bonds is 6. The number of nitrogens with one attached hydrogen (secondary N) is 1. The molecule has 6 nitrogen and oxygen atoms in total. The summed E-state index contributed by atoms with van der Waals surface area (Å²) >= 11 is 0. The molecule has 10 heteroatoms. The minimum atomic E-state index is -4.35. The summed E-state index contributed by atoms with van der Waals surface area (Å²) in [5.74, 6) is -3.15. The highest BCUT2D eigenvalue weighted by molar-refractivity contribution is 5.79. The van der Waals surface area contributed by atoms with E-state index >= 15 is 0 Å². The summed E-state index contributed by atoms with van der Waals surface area (Å²) in [5, 5.41) is 6.81. The van der Waals surface area contributed by atoms with E-state index in [1.165, 1.54) is 16.6 Å². The molecular formula is C23H25F4N5O. The number of carbonyl (C=O) groups excluding carboxylic acids is 1. The van der Waals surface area contributed by atoms with Crippen molar-refractivity contribution in [3.05, 3.63) is 65.4 Å². The first-order valence-corrected chi connectivity index (χ1v) is 10.9. The van der Waals surface area contributed by atoms with Gasteiger partial charge in [0.2, 0.25) is 5.91 Å². The van der Waals surface area contributed by atoms with Crippen LogP contribution in [0.15, 0.2) is 42.6 Å². The second-order valence-electron chi connectivity index (χ2n) is 8.51. The van der Waals surface area contributed by atoms with Gasteiger partial charge in [0, 0.05) is 24.8 Å². The third kappa shape index (κ3) is 5.00. The average Bonchev–Trinajstić information content (AvgIpc) is 3.20. The van der Waals surface area contributed by atoms with Crippen LogP contribution in [0.3, 0.4) is 0 Å². The molecule has 1 aromatic carbocycles. The normalized spacial score (nSPS) is 21.1. The molecule has 0 bridgehead atoms. The number of halogens is 4. The van der Waals surface area contributed by atoms with Crippen LogP contribution in [0.5, 0.6) is 0 Å². The zero-order valence-electron chi connectivity index (χ0n) is 18.0. The Hall–Kier alpha value is -3.01. The van der Waals surface area contributed by atoms with Crippen LogP contribution in [-0.2, 0) is 11.2 Å². The van der Waals surface area contributed by atoms with Crippen molar-refractivity contribution in [2.75, 3.05) is 6.54 Å². The van der Waals surface area contributed by atoms with E-state index in [0.717, 1.165) is 12.0 Å². The molecule has 0 unspecified atom stereocenters. The largest absolute Gasteiger partial charge is 0.393 e. The first kappa shape index (κ1) is 23.2. The number of alkyl halides is 3. The summed E-state index contributed by atoms with van der Waals surface area (Å²) in [6, 6.07) is 9.12. The highest BCUT2D eigenvalue weighted by atomic mass is 19.4. The number of carbonyl (C=O) groups is 1. The Labute approximate surface area is 188 Å². The number of hydrogen-bond acceptors (Lipinski definition) is 4. The van der Waals surface area contributed by atoms with Crippen molar-refractivity contribution in [1.82, 2.24) is 19.9 Å². The summed E-state index contributed by atoms with van der Waals surface area (Å²) in [5.41, 5.74) is 9.03. The van der Waals surface area contributed by atoms with E-state index in [1.807, 2.05) is 6.92 Å². The lowest BCUT2D eigenvalue weighted by Gasteiger charge is -2.30. The Bertz CT molecular complexity index is 1130. The Morgan fingerprint density at radius 3 is 2.61 bits per heavy atom. The minimum Gasteiger partial charge on any atom is -0.355 e. The van der Waals surface area contributed by atoms with Gasteiger partial charge in [-0.1, -0.05) is 19.1 Å². The topological polar surface area (TPSA) is 85.3 Å². The molecule has 3 N–H and O–H groups in total. The van der Waals surface area contributed by atoms with E-state index in [1.54, 1.807) is 30.5 Å². The van der Waals surface area contributed by atoms with Crippen LogP contribution in [0.4, 0.5) is 17.6 Å². The lowest BCUT2D eigenvalue weighted by atomic mass is 9.86. The van der Waals surface area contributed by atoms with Crippen molar-refractivity contribution in [3.8, 4) is 0 Å². The van der Waals surface area contributed by atoms with E-state index in [0.29, 0.717) is 17.0 Å². The molecule has 1 fully saturated rings. The quantitative estimate of drug-likeness (QED) is 0.543. The SMILES string of the molecule is CC[C@@H](c1ccc(F)cc1)[C@H](N)c1cn2nc(C[C@H]3C[C@@H](C(F)(F)F)CNC3=O)ccc2n1. The molecule has 3 aromatic rings. The van der Waals surface area contributed by atoms with Gasteiger partial charge in [0.1, 0.15) is 5.82 Å². The van der Waals surface area contributed by atoms with Gasteiger partial charge in [-0.2, -0.15) is 18.3 Å². The molecule has 0 radical (unpaired) electrons. The predicted octanol–water partition coefficient (Wildman–Crippen LogP) is 3.92. The van der Waals surface area contributed by atoms with Crippen molar-refractivity contribution in [2.24, 2.45) is 17.6 Å². The number of nitrogens with zero attached hydrogens (tertiary/aromatic N) is 3. The van der Waals surface area contributed by atoms with Crippen LogP contribution >= 0.6 is 0 Å². The Balaban J connectivity index is 1.53. The zero-order valence-corrected chi connectivity index (χ0v) is 18.0. The number of nitrogens with two attached hydrogens (primary N) is 1. The summed E-state index contributed by atoms with van der Waals surface area (Å²) < 4.78 is 54.1. The molecule has 176 valence electrons. The monoisotopic (exact) mass is 463 g/mol. The van der Waals surface area contributed by atoms with Gasteiger partial charge < -0.3 is 11.1 Å². The van der Waals surface area contributed by atoms with Crippen molar-refractivity contribution < 1.29 is 22.4 Å². The summed E-state index contributed by atoms with van der Waals surface area (Å²) in [6.07, 6.45) is -2.10. The van der Waals surface area contributed by atoms with Crippen LogP contribution in [-0.4, -0.2) is 33.2 Å². The summed E-state index contributed by atoms with van der Waals surface area (Å²) in [7, 11) is 0. The van der Waals surface area contributed by atoms with Gasteiger partial charge in [0.25, 0.3) is 0 Å². The number of imidazole rings is 1. The number of amides is 1. The van der Waals surface area contributed by atoms with Crippen LogP contribution in [0.2, 0.25) is 0 Å². The summed E-state index contributed by atoms with van der Waals surface area (Å²) in [4.78, 5) is 16.7. The molecule has 0 spiro atoms. The van der Waals surface area contributed by atoms with E-state index < -0.39 is 30.0 Å². The third-order valence-electron chi connectivity index (χ3n) is 6.29. The van der Waals surface area contributed by atoms with E-state index in [9.17, 15) is 22.4 Å². The number of piperidine rings is 1. The van der Waals surface area contributed by atoms with Crippen LogP contribution in [0.1, 0.15) is 48.7 Å². The van der Waals surface area contributed by atoms with Crippen molar-refractivity contribution in [2.45, 2.75) is 44.3 Å². The maximum atomic E-state index is 13.3. The Kier molecular flexibility index (Phi) is 6.38. The van der Waals surface area contributed by atoms with Crippen molar-refractivity contribution >= 4 is 11.6 Å². The second kappa shape index (κ2) is 9.09. The molecule has 1 aliphatic heterocycles. The van der Waals surface area contributed by atoms with Gasteiger partial charge in [-0.05, 0) is 42.7 Å². The van der Waals surface area contributed by atoms with Gasteiger partial charge >= 0.3 is 6.18 Å². The molecule has 0 aliphatic carbocycles. The first-order chi connectivity index (χ1) is 15.7. The smallest absolute Gasteiger partial charge is 0.355 e. The Morgan fingerprint density at radius 2 is 1.94 bits per heavy atom. The van der Waals surface area contributed by atoms with Crippen LogP contribution in [0.25, 0.3) is 5.65 Å². The fourth-order valence-corrected chi connectivity index (χ4v) is 4.40. The molecule has 1 saturated heterocycles. The maximum absolute atomic E-state index is 13.3. The molecule has 4 rings (SSSR count). The van der Waals surface area contributed by atoms with Gasteiger partial charge in [0.05, 0.1) is 29.5 Å². The van der Waals surface area contributed by atoms with Gasteiger partial charge in [0.15, 0.2) is 5.65 Å². The van der Waals surface area contributed by atoms with Gasteiger partial charge in [-0.3, -0.25) is 4.79 Å². The van der Waals surface area contributed by atoms with Crippen LogP contribution < -0.4 is 11.1 Å². The molecule has 33 heavy (non-hydrogen) atoms. The number of benzene rings is 1. The highest BCUT2D eigenvalue weighted by Crippen LogP contribution is 2.34. The van der Waals surface area contributed by atoms with E-state index in [4.69, 9.17) is 5.73 Å². The average molecular weight is 463 g/mol. The van der Waals surface area contributed by atoms with Gasteiger partial charge in [-0.25, -0.2) is 13.9 Å². The lowest BCUT2D eigenvalue weighted by Crippen LogP contribution is -2.47. The number of aromatic nitrogens is 3. The summed E-state index contributed by atoms with van der Waals surface area (Å²) in [6.45, 7) is 1.60. The molecule has 4 atom stereocenters. The highest BCUT2D eigenvalue weighted by Gasteiger charge is 2.44. The van der Waals surface area contributed by atoms with Gasteiger partial charge in [-0.15, -0.1) is 0 Å². The van der Waals surface area contributed by atoms with Crippen molar-refractivity contribution in [1.29, 1.82) is 0 Å². The standard InChI is InChI=1S/C23H25F4N5O/c1-2-18(13-3-5-16(24)6-4-13)21(28)19-12-32-20(30-19)8-7-17(31-32)10-14-9-15(23(25,26)27)11-29-22(14)33/h3-8,12,14-15,18,21H,2,9-11,28H2,1H3,(H,29,33)/t14-,15-,18+,21+/m1/s1. The molecular weight excluding hydrogens is 438 g/mol. The molecule has 3 heterocycles. The third-order valence-corrected chi connectivity index (χ3v) is 6.29. The predicted molar refractivity (Wildman–Crippen MR) is 114 cm³/mol. The fourth-order valence-electron chi connectivity index (χ4n) is 4.40. The maximum Gasteiger partial charge on any atom is 0.393 e. The zero-order chi connectivity index (χ0) is 23.8.